The summed E-state index contributed by atoms with van der Waals surface area (Å²) < 4.78 is 19.7. The van der Waals surface area contributed by atoms with Gasteiger partial charge in [0.15, 0.2) is 5.60 Å². The maximum Gasteiger partial charge on any atom is 0.318 e. The van der Waals surface area contributed by atoms with Crippen molar-refractivity contribution >= 4 is 23.5 Å². The largest absolute Gasteiger partial charge is 0.351 e. The maximum absolute atomic E-state index is 13.9. The van der Waals surface area contributed by atoms with E-state index in [1.807, 2.05) is 13.8 Å². The first-order chi connectivity index (χ1) is 18.2. The van der Waals surface area contributed by atoms with Crippen LogP contribution in [0.2, 0.25) is 0 Å². The Hall–Kier alpha value is -3.50. The highest BCUT2D eigenvalue weighted by atomic mass is 19.1. The van der Waals surface area contributed by atoms with E-state index in [4.69, 9.17) is 4.74 Å². The van der Waals surface area contributed by atoms with Crippen molar-refractivity contribution in [1.29, 1.82) is 0 Å². The molecule has 0 bridgehead atoms. The Morgan fingerprint density at radius 2 is 2.00 bits per heavy atom. The first-order valence-electron chi connectivity index (χ1n) is 13.1. The predicted octanol–water partition coefficient (Wildman–Crippen LogP) is 3.17. The van der Waals surface area contributed by atoms with Crippen LogP contribution in [0.1, 0.15) is 61.4 Å². The summed E-state index contributed by atoms with van der Waals surface area (Å²) in [5.41, 5.74) is 2.45. The average Bonchev–Trinajstić information content (AvgIpc) is 3.53. The first-order valence-corrected chi connectivity index (χ1v) is 13.1. The summed E-state index contributed by atoms with van der Waals surface area (Å²) in [5.74, 6) is -1.05. The minimum atomic E-state index is -1.56. The molecule has 2 heterocycles. The second-order valence-electron chi connectivity index (χ2n) is 10.2. The van der Waals surface area contributed by atoms with Gasteiger partial charge in [0.05, 0.1) is 6.04 Å². The van der Waals surface area contributed by atoms with Crippen LogP contribution in [0.4, 0.5) is 14.9 Å². The molecule has 10 heteroatoms. The molecule has 2 aromatic rings. The molecule has 0 aromatic heterocycles. The number of amides is 4. The lowest BCUT2D eigenvalue weighted by Gasteiger charge is -2.32. The highest BCUT2D eigenvalue weighted by molar-refractivity contribution is 5.94. The van der Waals surface area contributed by atoms with Crippen LogP contribution < -0.4 is 10.6 Å². The number of urea groups is 1. The third kappa shape index (κ3) is 4.31. The lowest BCUT2D eigenvalue weighted by molar-refractivity contribution is -0.181. The van der Waals surface area contributed by atoms with E-state index in [1.54, 1.807) is 29.2 Å². The molecule has 9 nitrogen and oxygen atoms in total. The number of aliphatic hydroxyl groups excluding tert-OH is 1. The number of carbonyl (C=O) groups excluding carboxylic acids is 3. The number of rotatable bonds is 5. The molecule has 0 saturated carbocycles. The molecule has 2 aliphatic heterocycles. The quantitative estimate of drug-likeness (QED) is 0.557. The Morgan fingerprint density at radius 3 is 2.74 bits per heavy atom. The Labute approximate surface area is 220 Å². The van der Waals surface area contributed by atoms with E-state index in [1.165, 1.54) is 19.2 Å². The van der Waals surface area contributed by atoms with E-state index in [2.05, 4.69) is 10.6 Å². The van der Waals surface area contributed by atoms with Gasteiger partial charge < -0.3 is 25.4 Å². The van der Waals surface area contributed by atoms with Crippen LogP contribution in [-0.4, -0.2) is 58.8 Å². The zero-order valence-corrected chi connectivity index (χ0v) is 21.8. The molecular formula is C28H33FN4O5. The Balaban J connectivity index is 1.36. The second kappa shape index (κ2) is 9.99. The minimum Gasteiger partial charge on any atom is -0.351 e. The van der Waals surface area contributed by atoms with E-state index < -0.39 is 17.9 Å². The molecule has 38 heavy (non-hydrogen) atoms. The van der Waals surface area contributed by atoms with Crippen molar-refractivity contribution < 1.29 is 28.6 Å². The maximum atomic E-state index is 13.9. The molecule has 2 unspecified atom stereocenters. The SMILES string of the molecule is CCc1cc(F)ccc1[C@@H]1CC[C@H](C)N1C(=O)CN1C(=O)C2(CCc3cc(NC(=O)NC)ccc32)OC1O. The van der Waals surface area contributed by atoms with Crippen molar-refractivity contribution in [1.82, 2.24) is 15.1 Å². The van der Waals surface area contributed by atoms with Crippen molar-refractivity contribution in [2.24, 2.45) is 0 Å². The first kappa shape index (κ1) is 26.1. The summed E-state index contributed by atoms with van der Waals surface area (Å²) in [6.45, 7) is 3.59. The van der Waals surface area contributed by atoms with Crippen LogP contribution >= 0.6 is 0 Å². The predicted molar refractivity (Wildman–Crippen MR) is 137 cm³/mol. The van der Waals surface area contributed by atoms with Gasteiger partial charge >= 0.3 is 6.03 Å². The highest BCUT2D eigenvalue weighted by Crippen LogP contribution is 2.47. The average molecular weight is 525 g/mol. The Bertz CT molecular complexity index is 1290. The number of anilines is 1. The van der Waals surface area contributed by atoms with Crippen LogP contribution in [0.15, 0.2) is 36.4 Å². The zero-order valence-electron chi connectivity index (χ0n) is 21.8. The summed E-state index contributed by atoms with van der Waals surface area (Å²) in [6, 6.07) is 9.23. The van der Waals surface area contributed by atoms with Crippen molar-refractivity contribution in [3.8, 4) is 0 Å². The zero-order chi connectivity index (χ0) is 27.2. The standard InChI is InChI=1S/C28H33FN4O5/c1-4-17-13-19(29)6-8-21(17)23-10-5-16(2)33(23)24(34)15-32-25(35)28(38-27(32)37)12-11-18-14-20(7-9-22(18)28)31-26(36)30-3/h6-9,13-14,16,23,27,37H,4-5,10-12,15H2,1-3H3,(H2,30,31,36)/t16-,23-,27?,28?/m0/s1. The number of halogens is 1. The van der Waals surface area contributed by atoms with Gasteiger partial charge in [0.25, 0.3) is 5.91 Å². The number of aliphatic hydroxyl groups is 1. The van der Waals surface area contributed by atoms with Gasteiger partial charge in [-0.2, -0.15) is 0 Å². The van der Waals surface area contributed by atoms with Gasteiger partial charge in [-0.1, -0.05) is 19.1 Å². The van der Waals surface area contributed by atoms with Crippen LogP contribution in [0.3, 0.4) is 0 Å². The summed E-state index contributed by atoms with van der Waals surface area (Å²) in [6.07, 6.45) is 1.45. The van der Waals surface area contributed by atoms with Gasteiger partial charge in [-0.3, -0.25) is 14.5 Å². The van der Waals surface area contributed by atoms with E-state index >= 15 is 0 Å². The summed E-state index contributed by atoms with van der Waals surface area (Å²) >= 11 is 0. The van der Waals surface area contributed by atoms with Crippen LogP contribution in [0, 0.1) is 5.82 Å². The van der Waals surface area contributed by atoms with Crippen LogP contribution in [0.5, 0.6) is 0 Å². The Kier molecular flexibility index (Phi) is 6.87. The number of nitrogens with zero attached hydrogens (tertiary/aromatic N) is 2. The van der Waals surface area contributed by atoms with Crippen molar-refractivity contribution in [3.05, 3.63) is 64.5 Å². The summed E-state index contributed by atoms with van der Waals surface area (Å²) in [4.78, 5) is 41.8. The van der Waals surface area contributed by atoms with E-state index in [0.717, 1.165) is 34.4 Å². The molecule has 4 atom stereocenters. The molecule has 4 amide bonds. The number of ether oxygens (including phenoxy) is 1. The molecule has 0 radical (unpaired) electrons. The number of hydrogen-bond acceptors (Lipinski definition) is 5. The molecule has 2 fully saturated rings. The fourth-order valence-corrected chi connectivity index (χ4v) is 6.17. The molecular weight excluding hydrogens is 491 g/mol. The highest BCUT2D eigenvalue weighted by Gasteiger charge is 2.57. The van der Waals surface area contributed by atoms with E-state index in [9.17, 15) is 23.9 Å². The van der Waals surface area contributed by atoms with Gasteiger partial charge in [-0.25, -0.2) is 9.18 Å². The van der Waals surface area contributed by atoms with Crippen LogP contribution in [0.25, 0.3) is 0 Å². The summed E-state index contributed by atoms with van der Waals surface area (Å²) in [5, 5.41) is 16.0. The number of nitrogens with one attached hydrogen (secondary N) is 2. The van der Waals surface area contributed by atoms with Crippen LogP contribution in [-0.2, 0) is 32.8 Å². The molecule has 3 N–H and O–H groups in total. The minimum absolute atomic E-state index is 0.0644. The molecule has 5 rings (SSSR count). The van der Waals surface area contributed by atoms with E-state index in [0.29, 0.717) is 30.5 Å². The molecule has 1 aliphatic carbocycles. The van der Waals surface area contributed by atoms with Gasteiger partial charge in [0.2, 0.25) is 12.3 Å². The summed E-state index contributed by atoms with van der Waals surface area (Å²) in [7, 11) is 1.52. The molecule has 202 valence electrons. The Morgan fingerprint density at radius 1 is 1.21 bits per heavy atom. The normalized spacial score (nSPS) is 26.2. The van der Waals surface area contributed by atoms with Gasteiger partial charge in [0.1, 0.15) is 12.4 Å². The number of likely N-dealkylation sites (tertiary alicyclic amines) is 1. The fraction of sp³-hybridized carbons (Fsp3) is 0.464. The molecule has 2 saturated heterocycles. The second-order valence-corrected chi connectivity index (χ2v) is 10.2. The van der Waals surface area contributed by atoms with Crippen molar-refractivity contribution in [2.75, 3.05) is 18.9 Å². The fourth-order valence-electron chi connectivity index (χ4n) is 6.17. The van der Waals surface area contributed by atoms with Gasteiger partial charge in [-0.15, -0.1) is 0 Å². The van der Waals surface area contributed by atoms with Crippen molar-refractivity contribution in [2.45, 2.75) is 70.1 Å². The number of fused-ring (bicyclic) bond motifs is 2. The molecule has 2 aromatic carbocycles. The van der Waals surface area contributed by atoms with Gasteiger partial charge in [-0.05, 0) is 85.5 Å². The third-order valence-electron chi connectivity index (χ3n) is 8.06. The van der Waals surface area contributed by atoms with E-state index in [-0.39, 0.29) is 36.4 Å². The molecule has 3 aliphatic rings. The topological polar surface area (TPSA) is 111 Å². The lowest BCUT2D eigenvalue weighted by Crippen LogP contribution is -2.47. The number of aryl methyl sites for hydroxylation is 2. The number of carbonyl (C=O) groups is 3. The van der Waals surface area contributed by atoms with Crippen molar-refractivity contribution in [3.63, 3.8) is 0 Å². The molecule has 1 spiro atoms. The number of hydrogen-bond donors (Lipinski definition) is 3. The third-order valence-corrected chi connectivity index (χ3v) is 8.06. The monoisotopic (exact) mass is 524 g/mol. The lowest BCUT2D eigenvalue weighted by atomic mass is 9.94. The number of benzene rings is 2. The van der Waals surface area contributed by atoms with Gasteiger partial charge in [0, 0.05) is 18.8 Å². The smallest absolute Gasteiger partial charge is 0.318 e.